The number of thiophene rings is 1. The lowest BCUT2D eigenvalue weighted by Gasteiger charge is -1.99. The Morgan fingerprint density at radius 3 is 2.67 bits per heavy atom. The van der Waals surface area contributed by atoms with E-state index in [4.69, 9.17) is 0 Å². The van der Waals surface area contributed by atoms with Crippen LogP contribution in [0.2, 0.25) is 0 Å². The van der Waals surface area contributed by atoms with Gasteiger partial charge in [0.2, 0.25) is 5.91 Å². The number of carbonyl (C=O) groups excluding carboxylic acids is 1. The Morgan fingerprint density at radius 1 is 1.58 bits per heavy atom. The van der Waals surface area contributed by atoms with Crippen LogP contribution in [-0.4, -0.2) is 14.3 Å². The second kappa shape index (κ2) is 3.24. The van der Waals surface area contributed by atoms with E-state index in [2.05, 4.69) is 0 Å². The molecule has 0 saturated heterocycles. The van der Waals surface area contributed by atoms with Crippen molar-refractivity contribution in [1.29, 1.82) is 0 Å². The molecular weight excluding hydrogens is 198 g/mol. The number of amides is 1. The first-order valence-corrected chi connectivity index (χ1v) is 5.45. The predicted molar refractivity (Wildman–Crippen MR) is 45.3 cm³/mol. The summed E-state index contributed by atoms with van der Waals surface area (Å²) in [5, 5.41) is 1.63. The molecule has 1 heterocycles. The van der Waals surface area contributed by atoms with Gasteiger partial charge in [-0.3, -0.25) is 4.79 Å². The molecule has 4 nitrogen and oxygen atoms in total. The molecule has 1 amide bonds. The number of hydrogen-bond donors (Lipinski definition) is 1. The maximum absolute atomic E-state index is 11.2. The Balaban J connectivity index is 2.96. The van der Waals surface area contributed by atoms with Gasteiger partial charge in [0, 0.05) is 6.92 Å². The van der Waals surface area contributed by atoms with Crippen LogP contribution in [0.5, 0.6) is 0 Å². The maximum Gasteiger partial charge on any atom is 0.273 e. The van der Waals surface area contributed by atoms with Crippen molar-refractivity contribution < 1.29 is 13.2 Å². The Labute approximate surface area is 74.3 Å². The van der Waals surface area contributed by atoms with Crippen LogP contribution in [0.4, 0.5) is 0 Å². The van der Waals surface area contributed by atoms with Crippen molar-refractivity contribution in [2.24, 2.45) is 0 Å². The number of nitrogens with one attached hydrogen (secondary N) is 1. The third-order valence-electron chi connectivity index (χ3n) is 1.04. The van der Waals surface area contributed by atoms with E-state index in [1.54, 1.807) is 11.4 Å². The van der Waals surface area contributed by atoms with Gasteiger partial charge in [-0.05, 0) is 11.4 Å². The largest absolute Gasteiger partial charge is 0.274 e. The summed E-state index contributed by atoms with van der Waals surface area (Å²) in [4.78, 5) is 10.5. The molecule has 0 saturated carbocycles. The highest BCUT2D eigenvalue weighted by Crippen LogP contribution is 2.14. The van der Waals surface area contributed by atoms with Gasteiger partial charge in [0.25, 0.3) is 10.0 Å². The molecule has 12 heavy (non-hydrogen) atoms. The average molecular weight is 205 g/mol. The molecule has 0 aliphatic rings. The first-order valence-electron chi connectivity index (χ1n) is 3.09. The zero-order valence-corrected chi connectivity index (χ0v) is 7.91. The van der Waals surface area contributed by atoms with Gasteiger partial charge >= 0.3 is 0 Å². The predicted octanol–water partition coefficient (Wildman–Crippen LogP) is 0.573. The SMILES string of the molecule is CC(=O)NS(=O)(=O)c1cccs1. The highest BCUT2D eigenvalue weighted by Gasteiger charge is 2.15. The maximum atomic E-state index is 11.2. The minimum Gasteiger partial charge on any atom is -0.274 e. The van der Waals surface area contributed by atoms with Crippen LogP contribution in [0, 0.1) is 0 Å². The number of hydrogen-bond acceptors (Lipinski definition) is 4. The van der Waals surface area contributed by atoms with Gasteiger partial charge in [0.1, 0.15) is 4.21 Å². The van der Waals surface area contributed by atoms with Crippen LogP contribution >= 0.6 is 11.3 Å². The lowest BCUT2D eigenvalue weighted by atomic mass is 10.7. The highest BCUT2D eigenvalue weighted by molar-refractivity contribution is 7.92. The van der Waals surface area contributed by atoms with Crippen molar-refractivity contribution in [1.82, 2.24) is 4.72 Å². The van der Waals surface area contributed by atoms with Crippen LogP contribution in [0.15, 0.2) is 21.7 Å². The van der Waals surface area contributed by atoms with Crippen molar-refractivity contribution in [3.8, 4) is 0 Å². The van der Waals surface area contributed by atoms with E-state index < -0.39 is 15.9 Å². The number of sulfonamides is 1. The summed E-state index contributed by atoms with van der Waals surface area (Å²) in [6, 6.07) is 3.05. The van der Waals surface area contributed by atoms with Crippen LogP contribution in [-0.2, 0) is 14.8 Å². The standard InChI is InChI=1S/C6H7NO3S2/c1-5(8)7-12(9,10)6-3-2-4-11-6/h2-4H,1H3,(H,7,8). The first-order chi connectivity index (χ1) is 5.52. The summed E-state index contributed by atoms with van der Waals surface area (Å²) in [7, 11) is -3.60. The minimum atomic E-state index is -3.60. The summed E-state index contributed by atoms with van der Waals surface area (Å²) >= 11 is 1.07. The van der Waals surface area contributed by atoms with Crippen LogP contribution in [0.3, 0.4) is 0 Å². The van der Waals surface area contributed by atoms with Crippen molar-refractivity contribution in [3.05, 3.63) is 17.5 Å². The molecule has 0 spiro atoms. The van der Waals surface area contributed by atoms with E-state index in [1.807, 2.05) is 4.72 Å². The van der Waals surface area contributed by atoms with Crippen LogP contribution < -0.4 is 4.72 Å². The molecular formula is C6H7NO3S2. The fraction of sp³-hybridized carbons (Fsp3) is 0.167. The molecule has 1 aromatic rings. The first kappa shape index (κ1) is 9.21. The second-order valence-corrected chi connectivity index (χ2v) is 4.95. The van der Waals surface area contributed by atoms with Crippen LogP contribution in [0.25, 0.3) is 0 Å². The van der Waals surface area contributed by atoms with E-state index in [0.717, 1.165) is 18.3 Å². The third kappa shape index (κ3) is 2.05. The zero-order valence-electron chi connectivity index (χ0n) is 6.27. The molecule has 6 heteroatoms. The molecule has 1 aromatic heterocycles. The highest BCUT2D eigenvalue weighted by atomic mass is 32.2. The second-order valence-electron chi connectivity index (χ2n) is 2.09. The summed E-state index contributed by atoms with van der Waals surface area (Å²) < 4.78 is 24.4. The van der Waals surface area contributed by atoms with Crippen molar-refractivity contribution in [2.45, 2.75) is 11.1 Å². The van der Waals surface area contributed by atoms with Gasteiger partial charge in [-0.15, -0.1) is 11.3 Å². The van der Waals surface area contributed by atoms with E-state index in [9.17, 15) is 13.2 Å². The number of rotatable bonds is 2. The summed E-state index contributed by atoms with van der Waals surface area (Å²) in [5.41, 5.74) is 0. The topological polar surface area (TPSA) is 63.2 Å². The van der Waals surface area contributed by atoms with E-state index in [0.29, 0.717) is 0 Å². The van der Waals surface area contributed by atoms with Gasteiger partial charge < -0.3 is 0 Å². The summed E-state index contributed by atoms with van der Waals surface area (Å²) in [6.45, 7) is 1.16. The van der Waals surface area contributed by atoms with Crippen LogP contribution in [0.1, 0.15) is 6.92 Å². The monoisotopic (exact) mass is 205 g/mol. The molecule has 0 fully saturated rings. The summed E-state index contributed by atoms with van der Waals surface area (Å²) in [5.74, 6) is -0.580. The van der Waals surface area contributed by atoms with Gasteiger partial charge in [-0.1, -0.05) is 6.07 Å². The lowest BCUT2D eigenvalue weighted by Crippen LogP contribution is -2.27. The normalized spacial score (nSPS) is 11.1. The van der Waals surface area contributed by atoms with E-state index in [-0.39, 0.29) is 4.21 Å². The van der Waals surface area contributed by atoms with Gasteiger partial charge in [-0.2, -0.15) is 0 Å². The molecule has 0 aliphatic carbocycles. The molecule has 0 aromatic carbocycles. The van der Waals surface area contributed by atoms with E-state index >= 15 is 0 Å². The smallest absolute Gasteiger partial charge is 0.273 e. The Kier molecular flexibility index (Phi) is 2.49. The zero-order chi connectivity index (χ0) is 9.19. The fourth-order valence-corrected chi connectivity index (χ4v) is 2.64. The van der Waals surface area contributed by atoms with Gasteiger partial charge in [-0.25, -0.2) is 13.1 Å². The summed E-state index contributed by atoms with van der Waals surface area (Å²) in [6.07, 6.45) is 0. The molecule has 0 radical (unpaired) electrons. The molecule has 0 atom stereocenters. The number of carbonyl (C=O) groups is 1. The fourth-order valence-electron chi connectivity index (χ4n) is 0.656. The lowest BCUT2D eigenvalue weighted by molar-refractivity contribution is -0.117. The molecule has 1 N–H and O–H groups in total. The Bertz CT molecular complexity index is 366. The Hall–Kier alpha value is -0.880. The molecule has 66 valence electrons. The average Bonchev–Trinajstić information content (AvgIpc) is 2.32. The minimum absolute atomic E-state index is 0.151. The third-order valence-corrected chi connectivity index (χ3v) is 3.87. The van der Waals surface area contributed by atoms with E-state index in [1.165, 1.54) is 6.07 Å². The molecule has 1 rings (SSSR count). The molecule has 0 unspecified atom stereocenters. The quantitative estimate of drug-likeness (QED) is 0.767. The van der Waals surface area contributed by atoms with Gasteiger partial charge in [0.05, 0.1) is 0 Å². The van der Waals surface area contributed by atoms with Gasteiger partial charge in [0.15, 0.2) is 0 Å². The van der Waals surface area contributed by atoms with Crippen molar-refractivity contribution in [3.63, 3.8) is 0 Å². The molecule has 0 bridgehead atoms. The molecule has 0 aliphatic heterocycles. The van der Waals surface area contributed by atoms with Crippen molar-refractivity contribution >= 4 is 27.3 Å². The van der Waals surface area contributed by atoms with Crippen molar-refractivity contribution in [2.75, 3.05) is 0 Å². The Morgan fingerprint density at radius 2 is 2.25 bits per heavy atom.